The van der Waals surface area contributed by atoms with E-state index in [9.17, 15) is 18.5 Å². The third kappa shape index (κ3) is 4.27. The van der Waals surface area contributed by atoms with Crippen molar-refractivity contribution in [2.45, 2.75) is 31.6 Å². The van der Waals surface area contributed by atoms with Crippen molar-refractivity contribution in [2.24, 2.45) is 0 Å². The maximum Gasteiger partial charge on any atom is 0.342 e. The van der Waals surface area contributed by atoms with E-state index in [0.717, 1.165) is 29.3 Å². The molecule has 0 aliphatic carbocycles. The molecule has 0 saturated heterocycles. The molecule has 0 atom stereocenters. The lowest BCUT2D eigenvalue weighted by atomic mass is 10.0. The van der Waals surface area contributed by atoms with Crippen molar-refractivity contribution in [2.75, 3.05) is 7.11 Å². The monoisotopic (exact) mass is 365 g/mol. The molecule has 0 spiro atoms. The van der Waals surface area contributed by atoms with Gasteiger partial charge in [0.2, 0.25) is 0 Å². The molecule has 0 unspecified atom stereocenters. The number of hydrogen-bond donors (Lipinski definition) is 0. The van der Waals surface area contributed by atoms with Crippen molar-refractivity contribution in [3.8, 4) is 11.5 Å². The number of methoxy groups -OCH3 is 1. The first-order valence-corrected chi connectivity index (χ1v) is 8.93. The number of nitro groups is 1. The number of hydrogen-bond acceptors (Lipinski definition) is 6. The van der Waals surface area contributed by atoms with Crippen molar-refractivity contribution in [1.29, 1.82) is 0 Å². The predicted molar refractivity (Wildman–Crippen MR) is 92.7 cm³/mol. The number of ether oxygens (including phenoxy) is 1. The fraction of sp³-hybridized carbons (Fsp3) is 0.294. The zero-order valence-electron chi connectivity index (χ0n) is 14.3. The Morgan fingerprint density at radius 3 is 2.36 bits per heavy atom. The van der Waals surface area contributed by atoms with Gasteiger partial charge in [0.1, 0.15) is 16.4 Å². The summed E-state index contributed by atoms with van der Waals surface area (Å²) >= 11 is 0. The molecule has 0 aliphatic heterocycles. The van der Waals surface area contributed by atoms with Gasteiger partial charge in [0, 0.05) is 6.07 Å². The van der Waals surface area contributed by atoms with Crippen molar-refractivity contribution in [3.63, 3.8) is 0 Å². The smallest absolute Gasteiger partial charge is 0.342 e. The Bertz CT molecular complexity index is 905. The predicted octanol–water partition coefficient (Wildman–Crippen LogP) is 3.80. The third-order valence-electron chi connectivity index (χ3n) is 3.57. The van der Waals surface area contributed by atoms with Crippen LogP contribution in [0.2, 0.25) is 0 Å². The van der Waals surface area contributed by atoms with Crippen LogP contribution in [0, 0.1) is 17.0 Å². The third-order valence-corrected chi connectivity index (χ3v) is 4.86. The van der Waals surface area contributed by atoms with Gasteiger partial charge in [-0.25, -0.2) is 0 Å². The van der Waals surface area contributed by atoms with E-state index in [1.807, 2.05) is 26.8 Å². The Hall–Kier alpha value is -2.61. The van der Waals surface area contributed by atoms with Crippen LogP contribution in [0.5, 0.6) is 11.5 Å². The molecular formula is C17H19NO6S. The summed E-state index contributed by atoms with van der Waals surface area (Å²) in [4.78, 5) is 9.93. The van der Waals surface area contributed by atoms with Gasteiger partial charge in [0.05, 0.1) is 18.1 Å². The second kappa shape index (κ2) is 7.10. The highest BCUT2D eigenvalue weighted by Gasteiger charge is 2.24. The fourth-order valence-electron chi connectivity index (χ4n) is 2.31. The molecule has 0 N–H and O–H groups in total. The highest BCUT2D eigenvalue weighted by Crippen LogP contribution is 2.31. The Morgan fingerprint density at radius 1 is 1.12 bits per heavy atom. The first kappa shape index (κ1) is 18.7. The van der Waals surface area contributed by atoms with Crippen molar-refractivity contribution in [3.05, 3.63) is 57.6 Å². The number of benzene rings is 2. The van der Waals surface area contributed by atoms with Crippen LogP contribution in [-0.4, -0.2) is 20.5 Å². The minimum Gasteiger partial charge on any atom is -0.495 e. The molecule has 0 heterocycles. The molecule has 2 rings (SSSR count). The molecule has 0 bridgehead atoms. The van der Waals surface area contributed by atoms with Crippen LogP contribution in [0.4, 0.5) is 5.69 Å². The van der Waals surface area contributed by atoms with Crippen LogP contribution in [0.15, 0.2) is 41.3 Å². The van der Waals surface area contributed by atoms with E-state index >= 15 is 0 Å². The van der Waals surface area contributed by atoms with Crippen LogP contribution in [0.1, 0.15) is 30.9 Å². The minimum absolute atomic E-state index is 0.147. The number of nitrogens with zero attached hydrogens (tertiary/aromatic N) is 1. The Labute approximate surface area is 146 Å². The molecule has 0 aromatic heterocycles. The number of non-ortho nitro benzene ring substituents is 1. The molecule has 0 saturated carbocycles. The van der Waals surface area contributed by atoms with Gasteiger partial charge < -0.3 is 8.92 Å². The highest BCUT2D eigenvalue weighted by molar-refractivity contribution is 7.87. The fourth-order valence-corrected chi connectivity index (χ4v) is 3.37. The van der Waals surface area contributed by atoms with Crippen molar-refractivity contribution in [1.82, 2.24) is 0 Å². The van der Waals surface area contributed by atoms with E-state index in [1.165, 1.54) is 7.11 Å². The zero-order chi connectivity index (χ0) is 18.8. The SMILES string of the molecule is COc1cc([N+](=O)[O-])ccc1S(=O)(=O)Oc1cc(C)cc(C(C)C)c1. The van der Waals surface area contributed by atoms with Crippen LogP contribution in [0.25, 0.3) is 0 Å². The molecule has 0 aliphatic rings. The van der Waals surface area contributed by atoms with E-state index in [0.29, 0.717) is 0 Å². The topological polar surface area (TPSA) is 95.7 Å². The lowest BCUT2D eigenvalue weighted by molar-refractivity contribution is -0.385. The summed E-state index contributed by atoms with van der Waals surface area (Å²) in [6.45, 7) is 5.83. The average molecular weight is 365 g/mol. The van der Waals surface area contributed by atoms with Gasteiger partial charge in [-0.1, -0.05) is 19.9 Å². The summed E-state index contributed by atoms with van der Waals surface area (Å²) in [5.74, 6) is 0.244. The average Bonchev–Trinajstić information content (AvgIpc) is 2.53. The van der Waals surface area contributed by atoms with Crippen LogP contribution >= 0.6 is 0 Å². The van der Waals surface area contributed by atoms with Gasteiger partial charge in [-0.2, -0.15) is 8.42 Å². The van der Waals surface area contributed by atoms with E-state index in [4.69, 9.17) is 8.92 Å². The van der Waals surface area contributed by atoms with Crippen LogP contribution < -0.4 is 8.92 Å². The Kier molecular flexibility index (Phi) is 5.32. The minimum atomic E-state index is -4.21. The summed E-state index contributed by atoms with van der Waals surface area (Å²) in [5, 5.41) is 10.8. The van der Waals surface area contributed by atoms with E-state index in [2.05, 4.69) is 0 Å². The van der Waals surface area contributed by atoms with Crippen molar-refractivity contribution < 1.29 is 22.3 Å². The molecule has 134 valence electrons. The molecule has 2 aromatic rings. The molecule has 25 heavy (non-hydrogen) atoms. The second-order valence-electron chi connectivity index (χ2n) is 5.86. The molecule has 7 nitrogen and oxygen atoms in total. The number of rotatable bonds is 6. The summed E-state index contributed by atoms with van der Waals surface area (Å²) in [6, 6.07) is 8.47. The maximum atomic E-state index is 12.6. The van der Waals surface area contributed by atoms with Gasteiger partial charge in [0.25, 0.3) is 5.69 Å². The summed E-state index contributed by atoms with van der Waals surface area (Å²) in [6.07, 6.45) is 0. The number of aryl methyl sites for hydroxylation is 1. The van der Waals surface area contributed by atoms with Gasteiger partial charge >= 0.3 is 10.1 Å². The molecule has 0 radical (unpaired) electrons. The van der Waals surface area contributed by atoms with Gasteiger partial charge in [-0.15, -0.1) is 0 Å². The standard InChI is InChI=1S/C17H19NO6S/c1-11(2)13-7-12(3)8-15(9-13)24-25(21,22)17-6-5-14(18(19)20)10-16(17)23-4/h5-11H,1-4H3. The van der Waals surface area contributed by atoms with Gasteiger partial charge in [0.15, 0.2) is 0 Å². The quantitative estimate of drug-likeness (QED) is 0.439. The lowest BCUT2D eigenvalue weighted by Crippen LogP contribution is -2.12. The largest absolute Gasteiger partial charge is 0.495 e. The van der Waals surface area contributed by atoms with Crippen molar-refractivity contribution >= 4 is 15.8 Å². The molecule has 2 aromatic carbocycles. The first-order valence-electron chi connectivity index (χ1n) is 7.52. The first-order chi connectivity index (χ1) is 11.6. The molecule has 0 amide bonds. The Balaban J connectivity index is 2.45. The summed E-state index contributed by atoms with van der Waals surface area (Å²) in [7, 11) is -2.97. The molecule has 8 heteroatoms. The maximum absolute atomic E-state index is 12.6. The van der Waals surface area contributed by atoms with Gasteiger partial charge in [-0.05, 0) is 42.2 Å². The summed E-state index contributed by atoms with van der Waals surface area (Å²) in [5.41, 5.74) is 1.54. The Morgan fingerprint density at radius 2 is 1.80 bits per heavy atom. The highest BCUT2D eigenvalue weighted by atomic mass is 32.2. The second-order valence-corrected chi connectivity index (χ2v) is 7.38. The number of nitro benzene ring substituents is 1. The molecular weight excluding hydrogens is 346 g/mol. The molecule has 0 fully saturated rings. The van der Waals surface area contributed by atoms with Gasteiger partial charge in [-0.3, -0.25) is 10.1 Å². The van der Waals surface area contributed by atoms with Crippen LogP contribution in [-0.2, 0) is 10.1 Å². The van der Waals surface area contributed by atoms with Crippen LogP contribution in [0.3, 0.4) is 0 Å². The lowest BCUT2D eigenvalue weighted by Gasteiger charge is -2.13. The summed E-state index contributed by atoms with van der Waals surface area (Å²) < 4.78 is 35.4. The van der Waals surface area contributed by atoms with E-state index in [-0.39, 0.29) is 28.0 Å². The van der Waals surface area contributed by atoms with E-state index in [1.54, 1.807) is 12.1 Å². The normalized spacial score (nSPS) is 11.4. The zero-order valence-corrected chi connectivity index (χ0v) is 15.2. The van der Waals surface area contributed by atoms with E-state index < -0.39 is 15.0 Å².